The number of hydrogen-bond donors (Lipinski definition) is 0. The molecule has 0 aliphatic carbocycles. The van der Waals surface area contributed by atoms with Gasteiger partial charge in [0, 0.05) is 12.0 Å². The van der Waals surface area contributed by atoms with Crippen molar-refractivity contribution in [3.05, 3.63) is 29.8 Å². The molecule has 0 unspecified atom stereocenters. The number of nitrogens with zero attached hydrogens (tertiary/aromatic N) is 1. The van der Waals surface area contributed by atoms with Crippen LogP contribution in [0.25, 0.3) is 0 Å². The maximum atomic E-state index is 10.4. The van der Waals surface area contributed by atoms with Gasteiger partial charge in [-0.25, -0.2) is 0 Å². The van der Waals surface area contributed by atoms with E-state index in [2.05, 4.69) is 6.07 Å². The SMILES string of the molecule is N#CCCCCOc1ccc(C=O)cc1. The van der Waals surface area contributed by atoms with Gasteiger partial charge >= 0.3 is 0 Å². The Morgan fingerprint density at radius 1 is 1.27 bits per heavy atom. The molecule has 1 aromatic rings. The van der Waals surface area contributed by atoms with Gasteiger partial charge in [-0.15, -0.1) is 0 Å². The van der Waals surface area contributed by atoms with E-state index in [1.54, 1.807) is 24.3 Å². The molecule has 0 aromatic heterocycles. The van der Waals surface area contributed by atoms with Crippen LogP contribution >= 0.6 is 0 Å². The van der Waals surface area contributed by atoms with Gasteiger partial charge in [0.05, 0.1) is 12.7 Å². The van der Waals surface area contributed by atoms with E-state index in [1.165, 1.54) is 0 Å². The molecule has 0 saturated heterocycles. The second kappa shape index (κ2) is 6.61. The molecule has 0 fully saturated rings. The largest absolute Gasteiger partial charge is 0.494 e. The summed E-state index contributed by atoms with van der Waals surface area (Å²) >= 11 is 0. The summed E-state index contributed by atoms with van der Waals surface area (Å²) in [6.07, 6.45) is 3.12. The Balaban J connectivity index is 2.26. The average Bonchev–Trinajstić information content (AvgIpc) is 2.30. The van der Waals surface area contributed by atoms with Crippen LogP contribution in [0, 0.1) is 11.3 Å². The van der Waals surface area contributed by atoms with Crippen molar-refractivity contribution in [3.8, 4) is 11.8 Å². The highest BCUT2D eigenvalue weighted by atomic mass is 16.5. The van der Waals surface area contributed by atoms with Crippen molar-refractivity contribution in [2.24, 2.45) is 0 Å². The van der Waals surface area contributed by atoms with E-state index in [1.807, 2.05) is 0 Å². The van der Waals surface area contributed by atoms with E-state index in [0.29, 0.717) is 18.6 Å². The topological polar surface area (TPSA) is 50.1 Å². The van der Waals surface area contributed by atoms with Crippen LogP contribution in [0.15, 0.2) is 24.3 Å². The van der Waals surface area contributed by atoms with Gasteiger partial charge in [-0.05, 0) is 37.1 Å². The molecule has 78 valence electrons. The number of unbranched alkanes of at least 4 members (excludes halogenated alkanes) is 2. The molecule has 0 aliphatic rings. The number of carbonyl (C=O) groups excluding carboxylic acids is 1. The van der Waals surface area contributed by atoms with Gasteiger partial charge in [-0.3, -0.25) is 4.79 Å². The van der Waals surface area contributed by atoms with Crippen LogP contribution in [0.1, 0.15) is 29.6 Å². The van der Waals surface area contributed by atoms with Gasteiger partial charge in [0.1, 0.15) is 12.0 Å². The molecule has 0 bridgehead atoms. The Morgan fingerprint density at radius 3 is 2.60 bits per heavy atom. The molecule has 1 rings (SSSR count). The molecule has 0 N–H and O–H groups in total. The Labute approximate surface area is 89.3 Å². The van der Waals surface area contributed by atoms with Gasteiger partial charge in [0.2, 0.25) is 0 Å². The third kappa shape index (κ3) is 4.28. The summed E-state index contributed by atoms with van der Waals surface area (Å²) in [7, 11) is 0. The summed E-state index contributed by atoms with van der Waals surface area (Å²) in [5, 5.41) is 8.32. The number of aldehydes is 1. The summed E-state index contributed by atoms with van der Waals surface area (Å²) in [6.45, 7) is 0.613. The zero-order valence-electron chi connectivity index (χ0n) is 8.48. The number of nitriles is 1. The van der Waals surface area contributed by atoms with Crippen LogP contribution in [0.2, 0.25) is 0 Å². The molecule has 3 nitrogen and oxygen atoms in total. The second-order valence-electron chi connectivity index (χ2n) is 3.15. The van der Waals surface area contributed by atoms with Crippen LogP contribution in [-0.2, 0) is 0 Å². The second-order valence-corrected chi connectivity index (χ2v) is 3.15. The molecular formula is C12H13NO2. The quantitative estimate of drug-likeness (QED) is 0.527. The fourth-order valence-electron chi connectivity index (χ4n) is 1.14. The van der Waals surface area contributed by atoms with Crippen LogP contribution in [0.4, 0.5) is 0 Å². The minimum atomic E-state index is 0.577. The molecule has 15 heavy (non-hydrogen) atoms. The first-order valence-corrected chi connectivity index (χ1v) is 4.92. The predicted molar refractivity (Wildman–Crippen MR) is 56.8 cm³/mol. The van der Waals surface area contributed by atoms with Crippen molar-refractivity contribution in [2.45, 2.75) is 19.3 Å². The van der Waals surface area contributed by atoms with Crippen molar-refractivity contribution in [3.63, 3.8) is 0 Å². The molecule has 1 aromatic carbocycles. The first-order valence-electron chi connectivity index (χ1n) is 4.92. The molecule has 0 radical (unpaired) electrons. The standard InChI is InChI=1S/C12H13NO2/c13-8-2-1-3-9-15-12-6-4-11(10-14)5-7-12/h4-7,10H,1-3,9H2. The monoisotopic (exact) mass is 203 g/mol. The van der Waals surface area contributed by atoms with Crippen LogP contribution in [-0.4, -0.2) is 12.9 Å². The molecule has 0 aliphatic heterocycles. The lowest BCUT2D eigenvalue weighted by molar-refractivity contribution is 0.112. The predicted octanol–water partition coefficient (Wildman–Crippen LogP) is 2.57. The van der Waals surface area contributed by atoms with Gasteiger partial charge in [0.25, 0.3) is 0 Å². The van der Waals surface area contributed by atoms with Gasteiger partial charge in [-0.1, -0.05) is 0 Å². The third-order valence-corrected chi connectivity index (χ3v) is 1.97. The Morgan fingerprint density at radius 2 is 2.00 bits per heavy atom. The lowest BCUT2D eigenvalue weighted by atomic mass is 10.2. The lowest BCUT2D eigenvalue weighted by Crippen LogP contribution is -1.96. The van der Waals surface area contributed by atoms with E-state index in [0.717, 1.165) is 24.9 Å². The van der Waals surface area contributed by atoms with Crippen molar-refractivity contribution < 1.29 is 9.53 Å². The minimum Gasteiger partial charge on any atom is -0.494 e. The molecular weight excluding hydrogens is 190 g/mol. The summed E-state index contributed by atoms with van der Waals surface area (Å²) < 4.78 is 5.43. The zero-order chi connectivity index (χ0) is 10.9. The number of benzene rings is 1. The Bertz CT molecular complexity index is 338. The maximum absolute atomic E-state index is 10.4. The van der Waals surface area contributed by atoms with Crippen molar-refractivity contribution in [1.29, 1.82) is 5.26 Å². The van der Waals surface area contributed by atoms with Gasteiger partial charge < -0.3 is 4.74 Å². The van der Waals surface area contributed by atoms with Crippen LogP contribution in [0.3, 0.4) is 0 Å². The Hall–Kier alpha value is -1.82. The van der Waals surface area contributed by atoms with E-state index >= 15 is 0 Å². The van der Waals surface area contributed by atoms with Gasteiger partial charge in [0.15, 0.2) is 0 Å². The van der Waals surface area contributed by atoms with Crippen LogP contribution in [0.5, 0.6) is 5.75 Å². The normalized spacial score (nSPS) is 9.27. The fourth-order valence-corrected chi connectivity index (χ4v) is 1.14. The number of ether oxygens (including phenoxy) is 1. The van der Waals surface area contributed by atoms with E-state index < -0.39 is 0 Å². The molecule has 3 heteroatoms. The van der Waals surface area contributed by atoms with E-state index in [9.17, 15) is 4.79 Å². The number of carbonyl (C=O) groups is 1. The molecule has 0 atom stereocenters. The van der Waals surface area contributed by atoms with Gasteiger partial charge in [-0.2, -0.15) is 5.26 Å². The summed E-state index contributed by atoms with van der Waals surface area (Å²) in [5.74, 6) is 0.762. The highest BCUT2D eigenvalue weighted by Crippen LogP contribution is 2.11. The highest BCUT2D eigenvalue weighted by Gasteiger charge is 1.94. The number of rotatable bonds is 6. The van der Waals surface area contributed by atoms with Crippen molar-refractivity contribution >= 4 is 6.29 Å². The summed E-state index contributed by atoms with van der Waals surface area (Å²) in [4.78, 5) is 10.4. The lowest BCUT2D eigenvalue weighted by Gasteiger charge is -2.04. The number of hydrogen-bond acceptors (Lipinski definition) is 3. The van der Waals surface area contributed by atoms with Crippen LogP contribution < -0.4 is 4.74 Å². The average molecular weight is 203 g/mol. The summed E-state index contributed by atoms with van der Waals surface area (Å²) in [5.41, 5.74) is 0.645. The smallest absolute Gasteiger partial charge is 0.150 e. The first-order chi connectivity index (χ1) is 7.36. The first kappa shape index (κ1) is 11.3. The molecule has 0 spiro atoms. The molecule has 0 amide bonds. The van der Waals surface area contributed by atoms with E-state index in [4.69, 9.17) is 10.00 Å². The van der Waals surface area contributed by atoms with E-state index in [-0.39, 0.29) is 0 Å². The summed E-state index contributed by atoms with van der Waals surface area (Å²) in [6, 6.07) is 9.07. The molecule has 0 heterocycles. The zero-order valence-corrected chi connectivity index (χ0v) is 8.48. The maximum Gasteiger partial charge on any atom is 0.150 e. The molecule has 0 saturated carbocycles. The fraction of sp³-hybridized carbons (Fsp3) is 0.333. The Kier molecular flexibility index (Phi) is 4.96. The minimum absolute atomic E-state index is 0.577. The highest BCUT2D eigenvalue weighted by molar-refractivity contribution is 5.74. The van der Waals surface area contributed by atoms with Crippen molar-refractivity contribution in [2.75, 3.05) is 6.61 Å². The third-order valence-electron chi connectivity index (χ3n) is 1.97. The van der Waals surface area contributed by atoms with Crippen molar-refractivity contribution in [1.82, 2.24) is 0 Å².